The zero-order valence-electron chi connectivity index (χ0n) is 45.5. The smallest absolute Gasteiger partial charge is 0.306 e. The third-order valence-corrected chi connectivity index (χ3v) is 11.7. The van der Waals surface area contributed by atoms with Gasteiger partial charge in [0.1, 0.15) is 6.61 Å². The summed E-state index contributed by atoms with van der Waals surface area (Å²) in [4.78, 5) is 25.5. The quantitative estimate of drug-likeness (QED) is 0.0345. The first-order chi connectivity index (χ1) is 34.6. The lowest BCUT2D eigenvalue weighted by molar-refractivity contribution is -0.162. The van der Waals surface area contributed by atoms with Crippen LogP contribution in [-0.4, -0.2) is 37.9 Å². The molecule has 0 aliphatic carbocycles. The standard InChI is InChI=1S/C65H106O5/c1-4-7-10-13-16-19-22-25-28-31-33-35-37-40-43-46-49-52-55-58-64(66)69-62-63(61-68-60-57-54-51-48-45-42-39-30-27-24-21-18-15-12-9-6-3)70-65(67)59-56-53-50-47-44-41-38-36-34-32-29-26-23-20-17-14-11-8-5-2/h7,9-10,12,16-21,25-30,33,35,40,43,49,52,63H,4-6,8,11,13-15,22-24,31-32,34,36-39,41-42,44-48,50-51,53-62H2,1-3H3/b10-7-,12-9-,19-16-,20-17-,21-18-,28-25-,29-26-,30-27-,35-33-,43-40-,52-49-. The number of rotatable bonds is 51. The second-order valence-corrected chi connectivity index (χ2v) is 18.4. The minimum absolute atomic E-state index is 0.0299. The maximum atomic E-state index is 12.9. The molecule has 5 nitrogen and oxygen atoms in total. The van der Waals surface area contributed by atoms with Gasteiger partial charge in [0, 0.05) is 19.4 Å². The highest BCUT2D eigenvalue weighted by atomic mass is 16.6. The van der Waals surface area contributed by atoms with Gasteiger partial charge in [0.15, 0.2) is 6.10 Å². The predicted molar refractivity (Wildman–Crippen MR) is 306 cm³/mol. The minimum Gasteiger partial charge on any atom is -0.462 e. The van der Waals surface area contributed by atoms with Crippen molar-refractivity contribution < 1.29 is 23.8 Å². The lowest BCUT2D eigenvalue weighted by atomic mass is 10.1. The second-order valence-electron chi connectivity index (χ2n) is 18.4. The lowest BCUT2D eigenvalue weighted by Gasteiger charge is -2.18. The molecule has 1 unspecified atom stereocenters. The van der Waals surface area contributed by atoms with E-state index in [1.807, 2.05) is 6.08 Å². The van der Waals surface area contributed by atoms with Crippen LogP contribution in [0.25, 0.3) is 0 Å². The summed E-state index contributed by atoms with van der Waals surface area (Å²) < 4.78 is 17.4. The van der Waals surface area contributed by atoms with Gasteiger partial charge in [-0.3, -0.25) is 9.59 Å². The third-order valence-electron chi connectivity index (χ3n) is 11.7. The van der Waals surface area contributed by atoms with E-state index in [0.717, 1.165) is 103 Å². The summed E-state index contributed by atoms with van der Waals surface area (Å²) in [6.07, 6.45) is 84.8. The number of carbonyl (C=O) groups is 2. The molecule has 0 saturated carbocycles. The van der Waals surface area contributed by atoms with Crippen LogP contribution in [0.1, 0.15) is 239 Å². The molecule has 0 spiro atoms. The Bertz CT molecular complexity index is 1470. The van der Waals surface area contributed by atoms with E-state index in [1.54, 1.807) is 0 Å². The Morgan fingerprint density at radius 1 is 0.329 bits per heavy atom. The monoisotopic (exact) mass is 967 g/mol. The van der Waals surface area contributed by atoms with Crippen molar-refractivity contribution in [3.8, 4) is 0 Å². The summed E-state index contributed by atoms with van der Waals surface area (Å²) in [6, 6.07) is 0. The lowest BCUT2D eigenvalue weighted by Crippen LogP contribution is -2.30. The number of hydrogen-bond acceptors (Lipinski definition) is 5. The van der Waals surface area contributed by atoms with Gasteiger partial charge in [-0.1, -0.05) is 238 Å². The maximum absolute atomic E-state index is 12.9. The summed E-state index contributed by atoms with van der Waals surface area (Å²) >= 11 is 0. The molecule has 396 valence electrons. The van der Waals surface area contributed by atoms with Crippen LogP contribution in [0.15, 0.2) is 134 Å². The molecule has 0 fully saturated rings. The van der Waals surface area contributed by atoms with E-state index in [4.69, 9.17) is 14.2 Å². The summed E-state index contributed by atoms with van der Waals surface area (Å²) in [5, 5.41) is 0. The number of allylic oxidation sites excluding steroid dienone is 22. The Balaban J connectivity index is 4.44. The van der Waals surface area contributed by atoms with Crippen molar-refractivity contribution >= 4 is 11.9 Å². The fraction of sp³-hybridized carbons (Fsp3) is 0.631. The van der Waals surface area contributed by atoms with Gasteiger partial charge in [-0.05, 0) is 122 Å². The van der Waals surface area contributed by atoms with Gasteiger partial charge in [0.2, 0.25) is 0 Å². The molecule has 0 aliphatic heterocycles. The summed E-state index contributed by atoms with van der Waals surface area (Å²) in [6.45, 7) is 7.46. The molecular formula is C65H106O5. The fourth-order valence-electron chi connectivity index (χ4n) is 7.46. The first-order valence-electron chi connectivity index (χ1n) is 28.7. The zero-order chi connectivity index (χ0) is 50.6. The Kier molecular flexibility index (Phi) is 56.0. The van der Waals surface area contributed by atoms with Crippen LogP contribution in [-0.2, 0) is 23.8 Å². The first kappa shape index (κ1) is 66.0. The molecule has 0 aromatic rings. The van der Waals surface area contributed by atoms with E-state index < -0.39 is 6.10 Å². The molecule has 5 heteroatoms. The molecular weight excluding hydrogens is 861 g/mol. The van der Waals surface area contributed by atoms with Gasteiger partial charge < -0.3 is 14.2 Å². The molecule has 0 aliphatic rings. The van der Waals surface area contributed by atoms with Crippen LogP contribution in [0.3, 0.4) is 0 Å². The summed E-state index contributed by atoms with van der Waals surface area (Å²) in [5.41, 5.74) is 0. The normalized spacial score (nSPS) is 13.2. The van der Waals surface area contributed by atoms with Crippen LogP contribution >= 0.6 is 0 Å². The molecule has 0 saturated heterocycles. The Morgan fingerprint density at radius 3 is 1.09 bits per heavy atom. The average molecular weight is 968 g/mol. The number of ether oxygens (including phenoxy) is 3. The van der Waals surface area contributed by atoms with E-state index in [-0.39, 0.29) is 25.2 Å². The molecule has 0 heterocycles. The number of unbranched alkanes of at least 4 members (excludes halogenated alkanes) is 18. The minimum atomic E-state index is -0.587. The topological polar surface area (TPSA) is 61.8 Å². The van der Waals surface area contributed by atoms with Crippen LogP contribution in [0.2, 0.25) is 0 Å². The number of carbonyl (C=O) groups excluding carboxylic acids is 2. The average Bonchev–Trinajstić information content (AvgIpc) is 3.36. The van der Waals surface area contributed by atoms with Crippen LogP contribution in [0.5, 0.6) is 0 Å². The largest absolute Gasteiger partial charge is 0.462 e. The van der Waals surface area contributed by atoms with E-state index >= 15 is 0 Å². The molecule has 0 aromatic heterocycles. The molecule has 0 bridgehead atoms. The van der Waals surface area contributed by atoms with Gasteiger partial charge in [0.25, 0.3) is 0 Å². The van der Waals surface area contributed by atoms with Crippen LogP contribution in [0.4, 0.5) is 0 Å². The van der Waals surface area contributed by atoms with Gasteiger partial charge in [0.05, 0.1) is 6.61 Å². The SMILES string of the molecule is CC/C=C\C/C=C\C/C=C\C/C=C\C/C=C\C/C=C\CCC(=O)OCC(COCCCCCCCC/C=C\C/C=C\C/C=C\CC)OC(=O)CCCCCCCCCCC/C=C\C/C=C\CCCCC. The van der Waals surface area contributed by atoms with Gasteiger partial charge in [-0.15, -0.1) is 0 Å². The Morgan fingerprint density at radius 2 is 0.671 bits per heavy atom. The Labute approximate surface area is 432 Å². The second kappa shape index (κ2) is 59.3. The summed E-state index contributed by atoms with van der Waals surface area (Å²) in [7, 11) is 0. The van der Waals surface area contributed by atoms with E-state index in [9.17, 15) is 9.59 Å². The zero-order valence-corrected chi connectivity index (χ0v) is 45.5. The molecule has 70 heavy (non-hydrogen) atoms. The van der Waals surface area contributed by atoms with Gasteiger partial charge in [-0.25, -0.2) is 0 Å². The van der Waals surface area contributed by atoms with Crippen molar-refractivity contribution in [2.75, 3.05) is 19.8 Å². The highest BCUT2D eigenvalue weighted by Crippen LogP contribution is 2.14. The molecule has 1 atom stereocenters. The maximum Gasteiger partial charge on any atom is 0.306 e. The molecule has 0 amide bonds. The third kappa shape index (κ3) is 56.6. The van der Waals surface area contributed by atoms with Crippen molar-refractivity contribution in [1.29, 1.82) is 0 Å². The highest BCUT2D eigenvalue weighted by Gasteiger charge is 2.17. The number of esters is 2. The molecule has 0 N–H and O–H groups in total. The van der Waals surface area contributed by atoms with E-state index in [2.05, 4.69) is 148 Å². The van der Waals surface area contributed by atoms with Crippen LogP contribution in [0, 0.1) is 0 Å². The van der Waals surface area contributed by atoms with Gasteiger partial charge >= 0.3 is 11.9 Å². The molecule has 0 rings (SSSR count). The highest BCUT2D eigenvalue weighted by molar-refractivity contribution is 5.70. The Hall–Kier alpha value is -3.96. The first-order valence-corrected chi connectivity index (χ1v) is 28.7. The van der Waals surface area contributed by atoms with Crippen molar-refractivity contribution in [1.82, 2.24) is 0 Å². The van der Waals surface area contributed by atoms with Crippen molar-refractivity contribution in [3.63, 3.8) is 0 Å². The number of hydrogen-bond donors (Lipinski definition) is 0. The van der Waals surface area contributed by atoms with Crippen molar-refractivity contribution in [2.45, 2.75) is 245 Å². The molecule has 0 aromatic carbocycles. The van der Waals surface area contributed by atoms with E-state index in [0.29, 0.717) is 25.9 Å². The van der Waals surface area contributed by atoms with Crippen LogP contribution < -0.4 is 0 Å². The van der Waals surface area contributed by atoms with Crippen molar-refractivity contribution in [2.24, 2.45) is 0 Å². The predicted octanol–water partition coefficient (Wildman–Crippen LogP) is 19.9. The summed E-state index contributed by atoms with van der Waals surface area (Å²) in [5.74, 6) is -0.512. The molecule has 0 radical (unpaired) electrons. The van der Waals surface area contributed by atoms with E-state index in [1.165, 1.54) is 96.3 Å². The fourth-order valence-corrected chi connectivity index (χ4v) is 7.46. The van der Waals surface area contributed by atoms with Gasteiger partial charge in [-0.2, -0.15) is 0 Å². The van der Waals surface area contributed by atoms with Crippen molar-refractivity contribution in [3.05, 3.63) is 134 Å².